The molecule has 2 rings (SSSR count). The number of likely N-dealkylation sites (tertiary alicyclic amines) is 1. The van der Waals surface area contributed by atoms with Crippen molar-refractivity contribution in [1.29, 1.82) is 0 Å². The highest BCUT2D eigenvalue weighted by Crippen LogP contribution is 2.31. The van der Waals surface area contributed by atoms with Crippen LogP contribution in [0.1, 0.15) is 32.1 Å². The van der Waals surface area contributed by atoms with Crippen LogP contribution < -0.4 is 0 Å². The lowest BCUT2D eigenvalue weighted by molar-refractivity contribution is -0.139. The highest BCUT2D eigenvalue weighted by Gasteiger charge is 2.35. The van der Waals surface area contributed by atoms with Crippen molar-refractivity contribution in [2.75, 3.05) is 26.7 Å². The Morgan fingerprint density at radius 2 is 1.94 bits per heavy atom. The third kappa shape index (κ3) is 3.19. The Hall–Kier alpha value is -0.610. The third-order valence-corrected chi connectivity index (χ3v) is 3.72. The summed E-state index contributed by atoms with van der Waals surface area (Å²) >= 11 is 0. The lowest BCUT2D eigenvalue weighted by atomic mass is 10.1. The summed E-state index contributed by atoms with van der Waals surface area (Å²) in [6.45, 7) is 2.49. The van der Waals surface area contributed by atoms with Crippen LogP contribution in [0.15, 0.2) is 0 Å². The normalized spacial score (nSPS) is 28.0. The summed E-state index contributed by atoms with van der Waals surface area (Å²) in [5.41, 5.74) is 0. The van der Waals surface area contributed by atoms with Crippen molar-refractivity contribution in [3.8, 4) is 0 Å². The monoisotopic (exact) mass is 226 g/mol. The quantitative estimate of drug-likeness (QED) is 0.777. The van der Waals surface area contributed by atoms with Gasteiger partial charge in [-0.2, -0.15) is 0 Å². The number of rotatable bonds is 4. The van der Waals surface area contributed by atoms with Crippen LogP contribution in [0, 0.1) is 0 Å². The molecule has 0 radical (unpaired) electrons. The Bertz CT molecular complexity index is 253. The first kappa shape index (κ1) is 11.9. The molecule has 1 unspecified atom stereocenters. The van der Waals surface area contributed by atoms with Crippen molar-refractivity contribution in [2.24, 2.45) is 0 Å². The van der Waals surface area contributed by atoms with Crippen LogP contribution in [-0.2, 0) is 4.79 Å². The number of hydrogen-bond acceptors (Lipinski definition) is 3. The molecule has 4 heteroatoms. The molecule has 1 saturated carbocycles. The molecule has 16 heavy (non-hydrogen) atoms. The van der Waals surface area contributed by atoms with Gasteiger partial charge >= 0.3 is 5.97 Å². The SMILES string of the molecule is CN1CCCC(N(CC(=O)O)C2CC2)CC1. The van der Waals surface area contributed by atoms with Crippen molar-refractivity contribution in [2.45, 2.75) is 44.2 Å². The first-order valence-corrected chi connectivity index (χ1v) is 6.33. The number of aliphatic carboxylic acids is 1. The van der Waals surface area contributed by atoms with Gasteiger partial charge in [0.25, 0.3) is 0 Å². The van der Waals surface area contributed by atoms with Gasteiger partial charge < -0.3 is 10.0 Å². The molecule has 0 aromatic rings. The lowest BCUT2D eigenvalue weighted by Gasteiger charge is -2.29. The van der Waals surface area contributed by atoms with Gasteiger partial charge in [-0.3, -0.25) is 9.69 Å². The van der Waals surface area contributed by atoms with Crippen LogP contribution >= 0.6 is 0 Å². The molecule has 1 atom stereocenters. The average molecular weight is 226 g/mol. The van der Waals surface area contributed by atoms with Gasteiger partial charge in [-0.15, -0.1) is 0 Å². The molecule has 2 aliphatic rings. The fourth-order valence-electron chi connectivity index (χ4n) is 2.67. The van der Waals surface area contributed by atoms with Crippen LogP contribution in [0.3, 0.4) is 0 Å². The maximum atomic E-state index is 10.9. The molecule has 1 N–H and O–H groups in total. The summed E-state index contributed by atoms with van der Waals surface area (Å²) in [7, 11) is 2.15. The Morgan fingerprint density at radius 3 is 2.56 bits per heavy atom. The topological polar surface area (TPSA) is 43.8 Å². The lowest BCUT2D eigenvalue weighted by Crippen LogP contribution is -2.41. The van der Waals surface area contributed by atoms with Gasteiger partial charge in [0.2, 0.25) is 0 Å². The number of carboxylic acid groups (broad SMARTS) is 1. The molecule has 1 saturated heterocycles. The van der Waals surface area contributed by atoms with Gasteiger partial charge in [0.05, 0.1) is 6.54 Å². The van der Waals surface area contributed by atoms with Crippen molar-refractivity contribution in [3.63, 3.8) is 0 Å². The van der Waals surface area contributed by atoms with Crippen LogP contribution in [-0.4, -0.2) is 59.6 Å². The highest BCUT2D eigenvalue weighted by molar-refractivity contribution is 5.69. The van der Waals surface area contributed by atoms with E-state index in [1.54, 1.807) is 0 Å². The molecule has 4 nitrogen and oxygen atoms in total. The zero-order valence-electron chi connectivity index (χ0n) is 10.1. The van der Waals surface area contributed by atoms with E-state index in [9.17, 15) is 4.79 Å². The molecule has 0 aromatic heterocycles. The van der Waals surface area contributed by atoms with Crippen LogP contribution in [0.5, 0.6) is 0 Å². The molecule has 0 aromatic carbocycles. The minimum Gasteiger partial charge on any atom is -0.480 e. The molecular formula is C12H22N2O2. The Kier molecular flexibility index (Phi) is 3.82. The predicted molar refractivity (Wildman–Crippen MR) is 62.5 cm³/mol. The van der Waals surface area contributed by atoms with E-state index < -0.39 is 5.97 Å². The molecular weight excluding hydrogens is 204 g/mol. The number of carboxylic acids is 1. The first-order chi connectivity index (χ1) is 7.66. The Labute approximate surface area is 97.2 Å². The van der Waals surface area contributed by atoms with Crippen LogP contribution in [0.2, 0.25) is 0 Å². The zero-order chi connectivity index (χ0) is 11.5. The van der Waals surface area contributed by atoms with E-state index in [2.05, 4.69) is 16.8 Å². The molecule has 0 amide bonds. The van der Waals surface area contributed by atoms with E-state index in [1.165, 1.54) is 19.3 Å². The maximum Gasteiger partial charge on any atom is 0.317 e. The van der Waals surface area contributed by atoms with Crippen LogP contribution in [0.25, 0.3) is 0 Å². The second-order valence-electron chi connectivity index (χ2n) is 5.19. The molecule has 0 bridgehead atoms. The van der Waals surface area contributed by atoms with E-state index in [0.29, 0.717) is 12.1 Å². The molecule has 1 aliphatic heterocycles. The smallest absolute Gasteiger partial charge is 0.317 e. The molecule has 92 valence electrons. The highest BCUT2D eigenvalue weighted by atomic mass is 16.4. The number of carbonyl (C=O) groups is 1. The first-order valence-electron chi connectivity index (χ1n) is 6.33. The standard InChI is InChI=1S/C12H22N2O2/c1-13-7-2-3-10(6-8-13)14(9-12(15)16)11-4-5-11/h10-11H,2-9H2,1H3,(H,15,16). The van der Waals surface area contributed by atoms with Crippen molar-refractivity contribution >= 4 is 5.97 Å². The van der Waals surface area contributed by atoms with Gasteiger partial charge in [-0.1, -0.05) is 0 Å². The van der Waals surface area contributed by atoms with E-state index in [1.807, 2.05) is 0 Å². The van der Waals surface area contributed by atoms with E-state index in [4.69, 9.17) is 5.11 Å². The number of nitrogens with zero attached hydrogens (tertiary/aromatic N) is 2. The minimum absolute atomic E-state index is 0.235. The fourth-order valence-corrected chi connectivity index (χ4v) is 2.67. The van der Waals surface area contributed by atoms with E-state index in [-0.39, 0.29) is 6.54 Å². The van der Waals surface area contributed by atoms with Crippen molar-refractivity contribution < 1.29 is 9.90 Å². The van der Waals surface area contributed by atoms with Gasteiger partial charge in [0.1, 0.15) is 0 Å². The summed E-state index contributed by atoms with van der Waals surface area (Å²) in [5, 5.41) is 8.96. The number of hydrogen-bond donors (Lipinski definition) is 1. The molecule has 1 aliphatic carbocycles. The largest absolute Gasteiger partial charge is 0.480 e. The fraction of sp³-hybridized carbons (Fsp3) is 0.917. The Morgan fingerprint density at radius 1 is 1.25 bits per heavy atom. The molecule has 2 fully saturated rings. The van der Waals surface area contributed by atoms with Gasteiger partial charge in [0, 0.05) is 12.1 Å². The van der Waals surface area contributed by atoms with Crippen molar-refractivity contribution in [3.05, 3.63) is 0 Å². The Balaban J connectivity index is 1.93. The second-order valence-corrected chi connectivity index (χ2v) is 5.19. The zero-order valence-corrected chi connectivity index (χ0v) is 10.1. The minimum atomic E-state index is -0.676. The predicted octanol–water partition coefficient (Wildman–Crippen LogP) is 1.02. The summed E-state index contributed by atoms with van der Waals surface area (Å²) in [4.78, 5) is 15.5. The van der Waals surface area contributed by atoms with E-state index >= 15 is 0 Å². The van der Waals surface area contributed by atoms with Crippen LogP contribution in [0.4, 0.5) is 0 Å². The molecule has 1 heterocycles. The summed E-state index contributed by atoms with van der Waals surface area (Å²) < 4.78 is 0. The second kappa shape index (κ2) is 5.15. The summed E-state index contributed by atoms with van der Waals surface area (Å²) in [6.07, 6.45) is 5.87. The molecule has 0 spiro atoms. The van der Waals surface area contributed by atoms with Crippen molar-refractivity contribution in [1.82, 2.24) is 9.80 Å². The van der Waals surface area contributed by atoms with Gasteiger partial charge in [-0.25, -0.2) is 0 Å². The average Bonchev–Trinajstić information content (AvgIpc) is 3.01. The van der Waals surface area contributed by atoms with Gasteiger partial charge in [0.15, 0.2) is 0 Å². The maximum absolute atomic E-state index is 10.9. The summed E-state index contributed by atoms with van der Waals surface area (Å²) in [6, 6.07) is 1.05. The van der Waals surface area contributed by atoms with E-state index in [0.717, 1.165) is 25.9 Å². The van der Waals surface area contributed by atoms with Gasteiger partial charge in [-0.05, 0) is 52.2 Å². The summed E-state index contributed by atoms with van der Waals surface area (Å²) in [5.74, 6) is -0.676. The third-order valence-electron chi connectivity index (χ3n) is 3.72.